The highest BCUT2D eigenvalue weighted by Gasteiger charge is 2.23. The molecule has 88 valence electrons. The molecule has 0 fully saturated rings. The second-order valence-electron chi connectivity index (χ2n) is 4.53. The van der Waals surface area contributed by atoms with Crippen LogP contribution in [0.25, 0.3) is 0 Å². The fourth-order valence-corrected chi connectivity index (χ4v) is 2.27. The molecule has 0 unspecified atom stereocenters. The minimum absolute atomic E-state index is 0.0163. The van der Waals surface area contributed by atoms with Gasteiger partial charge in [-0.05, 0) is 42.8 Å². The molecule has 0 saturated carbocycles. The van der Waals surface area contributed by atoms with Crippen molar-refractivity contribution >= 4 is 33.3 Å². The lowest BCUT2D eigenvalue weighted by molar-refractivity contribution is 0.516. The van der Waals surface area contributed by atoms with E-state index in [1.165, 1.54) is 0 Å². The van der Waals surface area contributed by atoms with Crippen LogP contribution in [0.5, 0.6) is 0 Å². The third-order valence-electron chi connectivity index (χ3n) is 2.17. The maximum absolute atomic E-state index is 5.88. The molecule has 0 aliphatic heterocycles. The molecular weight excluding hydrogens is 288 g/mol. The van der Waals surface area contributed by atoms with E-state index in [0.717, 1.165) is 16.8 Å². The second kappa shape index (κ2) is 5.19. The number of aromatic nitrogens is 1. The maximum Gasteiger partial charge on any atom is 0.143 e. The Bertz CT molecular complexity index is 385. The minimum atomic E-state index is -0.0163. The summed E-state index contributed by atoms with van der Waals surface area (Å²) in [6, 6.07) is 1.85. The Morgan fingerprint density at radius 1 is 1.56 bits per heavy atom. The second-order valence-corrected chi connectivity index (χ2v) is 5.82. The normalized spacial score (nSPS) is 11.3. The van der Waals surface area contributed by atoms with Crippen molar-refractivity contribution in [3.8, 4) is 0 Å². The van der Waals surface area contributed by atoms with Crippen molar-refractivity contribution in [2.75, 3.05) is 11.4 Å². The molecule has 1 heterocycles. The summed E-state index contributed by atoms with van der Waals surface area (Å²) in [6.45, 7) is 10.9. The summed E-state index contributed by atoms with van der Waals surface area (Å²) < 4.78 is 0.900. The number of anilines is 1. The SMILES string of the molecule is C=CCN(c1ncc(Cl)cc1Br)C(C)(C)C. The van der Waals surface area contributed by atoms with E-state index in [9.17, 15) is 0 Å². The van der Waals surface area contributed by atoms with Crippen LogP contribution in [0.15, 0.2) is 29.4 Å². The molecule has 0 amide bonds. The van der Waals surface area contributed by atoms with E-state index in [4.69, 9.17) is 11.6 Å². The first kappa shape index (κ1) is 13.5. The Balaban J connectivity index is 3.16. The van der Waals surface area contributed by atoms with E-state index in [1.807, 2.05) is 12.1 Å². The van der Waals surface area contributed by atoms with Crippen LogP contribution in [0.3, 0.4) is 0 Å². The first-order valence-corrected chi connectivity index (χ1v) is 6.23. The molecule has 0 aliphatic carbocycles. The van der Waals surface area contributed by atoms with Gasteiger partial charge in [-0.1, -0.05) is 17.7 Å². The van der Waals surface area contributed by atoms with Crippen LogP contribution in [0.4, 0.5) is 5.82 Å². The van der Waals surface area contributed by atoms with Gasteiger partial charge in [0.1, 0.15) is 5.82 Å². The number of hydrogen-bond donors (Lipinski definition) is 0. The maximum atomic E-state index is 5.88. The van der Waals surface area contributed by atoms with Gasteiger partial charge in [-0.3, -0.25) is 0 Å². The highest BCUT2D eigenvalue weighted by Crippen LogP contribution is 2.30. The quantitative estimate of drug-likeness (QED) is 0.774. The fourth-order valence-electron chi connectivity index (χ4n) is 1.41. The van der Waals surface area contributed by atoms with Crippen LogP contribution in [0, 0.1) is 0 Å². The molecule has 4 heteroatoms. The number of hydrogen-bond acceptors (Lipinski definition) is 2. The van der Waals surface area contributed by atoms with Crippen molar-refractivity contribution in [1.29, 1.82) is 0 Å². The summed E-state index contributed by atoms with van der Waals surface area (Å²) in [5.74, 6) is 0.886. The van der Waals surface area contributed by atoms with Gasteiger partial charge in [0.05, 0.1) is 9.50 Å². The van der Waals surface area contributed by atoms with Gasteiger partial charge < -0.3 is 4.90 Å². The van der Waals surface area contributed by atoms with Gasteiger partial charge in [-0.2, -0.15) is 0 Å². The zero-order chi connectivity index (χ0) is 12.3. The summed E-state index contributed by atoms with van der Waals surface area (Å²) in [5, 5.41) is 0.628. The average Bonchev–Trinajstić information content (AvgIpc) is 2.13. The molecule has 0 aliphatic rings. The molecule has 0 spiro atoms. The summed E-state index contributed by atoms with van der Waals surface area (Å²) >= 11 is 9.37. The summed E-state index contributed by atoms with van der Waals surface area (Å²) in [6.07, 6.45) is 3.53. The molecule has 1 rings (SSSR count). The van der Waals surface area contributed by atoms with E-state index in [2.05, 4.69) is 53.2 Å². The molecule has 0 aromatic carbocycles. The lowest BCUT2D eigenvalue weighted by Gasteiger charge is -2.36. The molecule has 16 heavy (non-hydrogen) atoms. The topological polar surface area (TPSA) is 16.1 Å². The molecule has 0 saturated heterocycles. The molecule has 0 radical (unpaired) electrons. The van der Waals surface area contributed by atoms with Crippen molar-refractivity contribution in [2.45, 2.75) is 26.3 Å². The molecule has 0 N–H and O–H groups in total. The third-order valence-corrected chi connectivity index (χ3v) is 2.96. The average molecular weight is 304 g/mol. The van der Waals surface area contributed by atoms with Gasteiger partial charge >= 0.3 is 0 Å². The van der Waals surface area contributed by atoms with Crippen molar-refractivity contribution < 1.29 is 0 Å². The smallest absolute Gasteiger partial charge is 0.143 e. The fraction of sp³-hybridized carbons (Fsp3) is 0.417. The Morgan fingerprint density at radius 3 is 2.62 bits per heavy atom. The summed E-state index contributed by atoms with van der Waals surface area (Å²) in [4.78, 5) is 6.53. The van der Waals surface area contributed by atoms with Gasteiger partial charge in [0, 0.05) is 18.3 Å². The van der Waals surface area contributed by atoms with E-state index < -0.39 is 0 Å². The van der Waals surface area contributed by atoms with E-state index in [0.29, 0.717) is 5.02 Å². The summed E-state index contributed by atoms with van der Waals surface area (Å²) in [7, 11) is 0. The zero-order valence-corrected chi connectivity index (χ0v) is 12.1. The Morgan fingerprint density at radius 2 is 2.19 bits per heavy atom. The first-order valence-electron chi connectivity index (χ1n) is 5.06. The zero-order valence-electron chi connectivity index (χ0n) is 9.80. The molecular formula is C12H16BrClN2. The Kier molecular flexibility index (Phi) is 4.39. The number of rotatable bonds is 3. The molecule has 2 nitrogen and oxygen atoms in total. The monoisotopic (exact) mass is 302 g/mol. The van der Waals surface area contributed by atoms with Crippen LogP contribution < -0.4 is 4.90 Å². The van der Waals surface area contributed by atoms with E-state index >= 15 is 0 Å². The van der Waals surface area contributed by atoms with Crippen LogP contribution in [-0.4, -0.2) is 17.1 Å². The largest absolute Gasteiger partial charge is 0.347 e. The molecule has 0 bridgehead atoms. The van der Waals surface area contributed by atoms with Crippen LogP contribution in [-0.2, 0) is 0 Å². The van der Waals surface area contributed by atoms with Gasteiger partial charge in [0.2, 0.25) is 0 Å². The van der Waals surface area contributed by atoms with Crippen molar-refractivity contribution in [3.63, 3.8) is 0 Å². The predicted octanol–water partition coefficient (Wildman–Crippen LogP) is 4.29. The number of nitrogens with zero attached hydrogens (tertiary/aromatic N) is 2. The minimum Gasteiger partial charge on any atom is -0.347 e. The standard InChI is InChI=1S/C12H16BrClN2/c1-5-6-16(12(2,3)4)11-10(13)7-9(14)8-15-11/h5,7-8H,1,6H2,2-4H3. The van der Waals surface area contributed by atoms with Crippen LogP contribution in [0.2, 0.25) is 5.02 Å². The van der Waals surface area contributed by atoms with Crippen molar-refractivity contribution in [1.82, 2.24) is 4.98 Å². The van der Waals surface area contributed by atoms with Gasteiger partial charge in [-0.25, -0.2) is 4.98 Å². The molecule has 1 aromatic rings. The van der Waals surface area contributed by atoms with E-state index in [1.54, 1.807) is 6.20 Å². The molecule has 0 atom stereocenters. The molecule has 1 aromatic heterocycles. The number of pyridine rings is 1. The van der Waals surface area contributed by atoms with Crippen LogP contribution >= 0.6 is 27.5 Å². The van der Waals surface area contributed by atoms with Crippen molar-refractivity contribution in [3.05, 3.63) is 34.4 Å². The highest BCUT2D eigenvalue weighted by atomic mass is 79.9. The van der Waals surface area contributed by atoms with Crippen LogP contribution in [0.1, 0.15) is 20.8 Å². The Hall–Kier alpha value is -0.540. The van der Waals surface area contributed by atoms with Gasteiger partial charge in [-0.15, -0.1) is 6.58 Å². The predicted molar refractivity (Wildman–Crippen MR) is 74.2 cm³/mol. The summed E-state index contributed by atoms with van der Waals surface area (Å²) in [5.41, 5.74) is -0.0163. The van der Waals surface area contributed by atoms with Crippen molar-refractivity contribution in [2.24, 2.45) is 0 Å². The first-order chi connectivity index (χ1) is 7.36. The lowest BCUT2D eigenvalue weighted by Crippen LogP contribution is -2.42. The third kappa shape index (κ3) is 3.22. The Labute approximate surface area is 110 Å². The lowest BCUT2D eigenvalue weighted by atomic mass is 10.1. The van der Waals surface area contributed by atoms with Gasteiger partial charge in [0.15, 0.2) is 0 Å². The van der Waals surface area contributed by atoms with E-state index in [-0.39, 0.29) is 5.54 Å². The van der Waals surface area contributed by atoms with Gasteiger partial charge in [0.25, 0.3) is 0 Å². The number of halogens is 2. The highest BCUT2D eigenvalue weighted by molar-refractivity contribution is 9.10.